The zero-order chi connectivity index (χ0) is 16.8. The molecule has 1 aromatic carbocycles. The molecule has 2 rings (SSSR count). The van der Waals surface area contributed by atoms with Crippen LogP contribution in [0.4, 0.5) is 5.69 Å². The molecule has 1 N–H and O–H groups in total. The van der Waals surface area contributed by atoms with Gasteiger partial charge in [-0.3, -0.25) is 4.79 Å². The van der Waals surface area contributed by atoms with E-state index in [9.17, 15) is 9.59 Å². The van der Waals surface area contributed by atoms with Crippen LogP contribution in [0.15, 0.2) is 41.0 Å². The fourth-order valence-corrected chi connectivity index (χ4v) is 2.34. The highest BCUT2D eigenvalue weighted by Crippen LogP contribution is 2.23. The Bertz CT molecular complexity index is 737. The van der Waals surface area contributed by atoms with E-state index in [0.29, 0.717) is 22.3 Å². The van der Waals surface area contributed by atoms with Crippen molar-refractivity contribution < 1.29 is 14.3 Å². The zero-order valence-electron chi connectivity index (χ0n) is 12.3. The van der Waals surface area contributed by atoms with Gasteiger partial charge in [0.1, 0.15) is 5.15 Å². The van der Waals surface area contributed by atoms with Crippen LogP contribution in [0.25, 0.3) is 0 Å². The Morgan fingerprint density at radius 2 is 2.09 bits per heavy atom. The van der Waals surface area contributed by atoms with Gasteiger partial charge in [-0.05, 0) is 36.8 Å². The van der Waals surface area contributed by atoms with Crippen molar-refractivity contribution in [2.45, 2.75) is 13.3 Å². The lowest BCUT2D eigenvalue weighted by molar-refractivity contribution is 0.0506. The standard InChI is InChI=1S/C16H14BrClN2O3/c1-2-7-23-16(22)12-9-11(17)3-4-13(12)20-15(21)10-5-6-19-14(18)8-10/h3-6,8-9H,2,7H2,1H3,(H,20,21). The third kappa shape index (κ3) is 4.77. The molecule has 0 aliphatic rings. The van der Waals surface area contributed by atoms with Crippen molar-refractivity contribution in [1.82, 2.24) is 4.98 Å². The van der Waals surface area contributed by atoms with E-state index >= 15 is 0 Å². The topological polar surface area (TPSA) is 68.3 Å². The molecule has 0 bridgehead atoms. The summed E-state index contributed by atoms with van der Waals surface area (Å²) >= 11 is 9.09. The lowest BCUT2D eigenvalue weighted by atomic mass is 10.1. The third-order valence-electron chi connectivity index (χ3n) is 2.88. The van der Waals surface area contributed by atoms with Gasteiger partial charge in [0.25, 0.3) is 5.91 Å². The first-order valence-corrected chi connectivity index (χ1v) is 8.08. The van der Waals surface area contributed by atoms with Crippen LogP contribution in [0.3, 0.4) is 0 Å². The molecule has 0 atom stereocenters. The maximum absolute atomic E-state index is 12.3. The highest BCUT2D eigenvalue weighted by atomic mass is 79.9. The highest BCUT2D eigenvalue weighted by Gasteiger charge is 2.16. The van der Waals surface area contributed by atoms with Crippen LogP contribution in [0, 0.1) is 0 Å². The number of benzene rings is 1. The van der Waals surface area contributed by atoms with Gasteiger partial charge in [0.15, 0.2) is 0 Å². The van der Waals surface area contributed by atoms with Crippen LogP contribution in [0.2, 0.25) is 5.15 Å². The molecule has 5 nitrogen and oxygen atoms in total. The smallest absolute Gasteiger partial charge is 0.340 e. The number of amides is 1. The Balaban J connectivity index is 2.25. The summed E-state index contributed by atoms with van der Waals surface area (Å²) in [4.78, 5) is 28.2. The van der Waals surface area contributed by atoms with Crippen LogP contribution in [-0.2, 0) is 4.74 Å². The normalized spacial score (nSPS) is 10.2. The van der Waals surface area contributed by atoms with Gasteiger partial charge in [-0.1, -0.05) is 34.5 Å². The summed E-state index contributed by atoms with van der Waals surface area (Å²) in [5, 5.41) is 2.91. The number of halogens is 2. The molecule has 120 valence electrons. The molecule has 0 saturated carbocycles. The van der Waals surface area contributed by atoms with Crippen molar-refractivity contribution in [3.63, 3.8) is 0 Å². The zero-order valence-corrected chi connectivity index (χ0v) is 14.6. The quantitative estimate of drug-likeness (QED) is 0.603. The Hall–Kier alpha value is -1.92. The molecule has 23 heavy (non-hydrogen) atoms. The van der Waals surface area contributed by atoms with E-state index in [-0.39, 0.29) is 16.6 Å². The van der Waals surface area contributed by atoms with Crippen molar-refractivity contribution in [3.8, 4) is 0 Å². The summed E-state index contributed by atoms with van der Waals surface area (Å²) in [5.74, 6) is -0.877. The van der Waals surface area contributed by atoms with Crippen molar-refractivity contribution in [2.75, 3.05) is 11.9 Å². The number of rotatable bonds is 5. The summed E-state index contributed by atoms with van der Waals surface area (Å²) in [6, 6.07) is 7.95. The van der Waals surface area contributed by atoms with Gasteiger partial charge in [-0.15, -0.1) is 0 Å². The molecule has 0 aliphatic heterocycles. The maximum atomic E-state index is 12.3. The fraction of sp³-hybridized carbons (Fsp3) is 0.188. The van der Waals surface area contributed by atoms with Crippen molar-refractivity contribution in [3.05, 3.63) is 57.3 Å². The molecule has 0 saturated heterocycles. The van der Waals surface area contributed by atoms with Gasteiger partial charge in [0.2, 0.25) is 0 Å². The lowest BCUT2D eigenvalue weighted by Gasteiger charge is -2.11. The molecule has 2 aromatic rings. The molecule has 0 spiro atoms. The molecular formula is C16H14BrClN2O3. The number of esters is 1. The number of nitrogens with zero attached hydrogens (tertiary/aromatic N) is 1. The summed E-state index contributed by atoms with van der Waals surface area (Å²) in [6.07, 6.45) is 2.16. The second kappa shape index (κ2) is 8.08. The molecule has 1 heterocycles. The predicted octanol–water partition coefficient (Wildman–Crippen LogP) is 4.32. The van der Waals surface area contributed by atoms with Crippen LogP contribution >= 0.6 is 27.5 Å². The maximum Gasteiger partial charge on any atom is 0.340 e. The monoisotopic (exact) mass is 396 g/mol. The van der Waals surface area contributed by atoms with E-state index in [1.165, 1.54) is 18.3 Å². The van der Waals surface area contributed by atoms with Crippen molar-refractivity contribution in [1.29, 1.82) is 0 Å². The summed E-state index contributed by atoms with van der Waals surface area (Å²) in [6.45, 7) is 2.22. The Labute approximate surface area is 147 Å². The number of aromatic nitrogens is 1. The average molecular weight is 398 g/mol. The van der Waals surface area contributed by atoms with E-state index in [1.807, 2.05) is 6.92 Å². The van der Waals surface area contributed by atoms with Gasteiger partial charge in [0, 0.05) is 16.2 Å². The third-order valence-corrected chi connectivity index (χ3v) is 3.58. The Morgan fingerprint density at radius 3 is 2.78 bits per heavy atom. The van der Waals surface area contributed by atoms with E-state index in [4.69, 9.17) is 16.3 Å². The summed E-state index contributed by atoms with van der Waals surface area (Å²) < 4.78 is 5.85. The van der Waals surface area contributed by atoms with Crippen molar-refractivity contribution >= 4 is 45.1 Å². The first-order valence-electron chi connectivity index (χ1n) is 6.91. The SMILES string of the molecule is CCCOC(=O)c1cc(Br)ccc1NC(=O)c1ccnc(Cl)c1. The fourth-order valence-electron chi connectivity index (χ4n) is 1.81. The minimum atomic E-state index is -0.490. The molecule has 0 unspecified atom stereocenters. The van der Waals surface area contributed by atoms with Crippen LogP contribution in [0.1, 0.15) is 34.1 Å². The van der Waals surface area contributed by atoms with Crippen LogP contribution < -0.4 is 5.32 Å². The lowest BCUT2D eigenvalue weighted by Crippen LogP contribution is -2.16. The number of ether oxygens (including phenoxy) is 1. The second-order valence-electron chi connectivity index (χ2n) is 4.65. The Morgan fingerprint density at radius 1 is 1.30 bits per heavy atom. The van der Waals surface area contributed by atoms with Gasteiger partial charge in [-0.25, -0.2) is 9.78 Å². The minimum Gasteiger partial charge on any atom is -0.462 e. The molecule has 1 aromatic heterocycles. The Kier molecular flexibility index (Phi) is 6.12. The van der Waals surface area contributed by atoms with E-state index < -0.39 is 5.97 Å². The number of carbonyl (C=O) groups is 2. The van der Waals surface area contributed by atoms with Gasteiger partial charge in [-0.2, -0.15) is 0 Å². The number of pyridine rings is 1. The minimum absolute atomic E-state index is 0.219. The molecule has 0 aliphatic carbocycles. The summed E-state index contributed by atoms with van der Waals surface area (Å²) in [7, 11) is 0. The number of nitrogens with one attached hydrogen (secondary N) is 1. The number of hydrogen-bond acceptors (Lipinski definition) is 4. The highest BCUT2D eigenvalue weighted by molar-refractivity contribution is 9.10. The number of anilines is 1. The van der Waals surface area contributed by atoms with Crippen molar-refractivity contribution in [2.24, 2.45) is 0 Å². The van der Waals surface area contributed by atoms with Gasteiger partial charge >= 0.3 is 5.97 Å². The number of hydrogen-bond donors (Lipinski definition) is 1. The summed E-state index contributed by atoms with van der Waals surface area (Å²) in [5.41, 5.74) is 0.995. The largest absolute Gasteiger partial charge is 0.462 e. The molecule has 1 amide bonds. The predicted molar refractivity (Wildman–Crippen MR) is 91.9 cm³/mol. The first kappa shape index (κ1) is 17.4. The van der Waals surface area contributed by atoms with Crippen LogP contribution in [0.5, 0.6) is 0 Å². The molecule has 0 radical (unpaired) electrons. The molecule has 7 heteroatoms. The van der Waals surface area contributed by atoms with Crippen LogP contribution in [-0.4, -0.2) is 23.5 Å². The van der Waals surface area contributed by atoms with E-state index in [1.54, 1.807) is 18.2 Å². The molecular weight excluding hydrogens is 384 g/mol. The molecule has 0 fully saturated rings. The first-order chi connectivity index (χ1) is 11.0. The van der Waals surface area contributed by atoms with E-state index in [0.717, 1.165) is 6.42 Å². The van der Waals surface area contributed by atoms with Gasteiger partial charge < -0.3 is 10.1 Å². The number of carbonyl (C=O) groups excluding carboxylic acids is 2. The second-order valence-corrected chi connectivity index (χ2v) is 5.95. The van der Waals surface area contributed by atoms with Gasteiger partial charge in [0.05, 0.1) is 17.9 Å². The average Bonchev–Trinajstić information content (AvgIpc) is 2.54. The van der Waals surface area contributed by atoms with E-state index in [2.05, 4.69) is 26.2 Å².